The number of halogens is 2. The van der Waals surface area contributed by atoms with Crippen LogP contribution in [0, 0.1) is 8.99 Å². The van der Waals surface area contributed by atoms with Crippen molar-refractivity contribution >= 4 is 33.9 Å². The Kier molecular flexibility index (Phi) is 5.79. The van der Waals surface area contributed by atoms with Gasteiger partial charge in [-0.15, -0.1) is 11.3 Å². The number of aliphatic hydroxyl groups is 1. The van der Waals surface area contributed by atoms with E-state index in [4.69, 9.17) is 4.74 Å². The van der Waals surface area contributed by atoms with Crippen LogP contribution in [0.5, 0.6) is 5.75 Å². The fraction of sp³-hybridized carbons (Fsp3) is 0.438. The summed E-state index contributed by atoms with van der Waals surface area (Å²) in [6.07, 6.45) is 2.08. The van der Waals surface area contributed by atoms with Crippen LogP contribution in [-0.4, -0.2) is 23.4 Å². The van der Waals surface area contributed by atoms with E-state index in [1.165, 1.54) is 11.3 Å². The van der Waals surface area contributed by atoms with Crippen LogP contribution >= 0.6 is 33.9 Å². The van der Waals surface area contributed by atoms with E-state index in [0.29, 0.717) is 17.0 Å². The van der Waals surface area contributed by atoms with Crippen LogP contribution in [0.2, 0.25) is 0 Å². The standard InChI is InChI=1S/C16H19FINO2S/c1-3-15(2,9-17)16(20,14-8-19-11-22-14)10-21-13-6-4-12(18)5-7-13/h4-8,11,20H,3,9-10H2,1-2H3. The molecule has 1 N–H and O–H groups in total. The minimum Gasteiger partial charge on any atom is -0.490 e. The number of ether oxygens (including phenoxy) is 1. The highest BCUT2D eigenvalue weighted by Crippen LogP contribution is 2.44. The smallest absolute Gasteiger partial charge is 0.142 e. The summed E-state index contributed by atoms with van der Waals surface area (Å²) in [6.45, 7) is 2.97. The summed E-state index contributed by atoms with van der Waals surface area (Å²) >= 11 is 3.53. The molecule has 0 aliphatic heterocycles. The molecule has 2 atom stereocenters. The number of nitrogens with zero attached hydrogens (tertiary/aromatic N) is 1. The maximum absolute atomic E-state index is 13.7. The maximum atomic E-state index is 13.7. The second-order valence-corrected chi connectivity index (χ2v) is 7.65. The Morgan fingerprint density at radius 3 is 2.55 bits per heavy atom. The molecule has 0 radical (unpaired) electrons. The van der Waals surface area contributed by atoms with E-state index in [-0.39, 0.29) is 6.61 Å². The molecule has 0 fully saturated rings. The number of rotatable bonds is 7. The predicted octanol–water partition coefficient (Wildman–Crippen LogP) is 4.40. The molecule has 0 aliphatic carbocycles. The minimum atomic E-state index is -1.42. The van der Waals surface area contributed by atoms with Crippen molar-refractivity contribution in [1.29, 1.82) is 0 Å². The van der Waals surface area contributed by atoms with Crippen LogP contribution in [-0.2, 0) is 5.60 Å². The van der Waals surface area contributed by atoms with Gasteiger partial charge in [-0.3, -0.25) is 9.37 Å². The number of aromatic nitrogens is 1. The predicted molar refractivity (Wildman–Crippen MR) is 95.0 cm³/mol. The minimum absolute atomic E-state index is 0.00988. The molecule has 0 saturated heterocycles. The third kappa shape index (κ3) is 3.44. The van der Waals surface area contributed by atoms with Crippen molar-refractivity contribution in [2.75, 3.05) is 13.3 Å². The molecule has 120 valence electrons. The quantitative estimate of drug-likeness (QED) is 0.656. The fourth-order valence-electron chi connectivity index (χ4n) is 2.18. The highest BCUT2D eigenvalue weighted by Gasteiger charge is 2.49. The van der Waals surface area contributed by atoms with Crippen molar-refractivity contribution < 1.29 is 14.2 Å². The van der Waals surface area contributed by atoms with E-state index in [1.54, 1.807) is 18.6 Å². The summed E-state index contributed by atoms with van der Waals surface area (Å²) in [7, 11) is 0. The number of thiazole rings is 1. The highest BCUT2D eigenvalue weighted by molar-refractivity contribution is 14.1. The zero-order valence-corrected chi connectivity index (χ0v) is 15.5. The van der Waals surface area contributed by atoms with Crippen LogP contribution in [0.3, 0.4) is 0 Å². The Morgan fingerprint density at radius 2 is 2.05 bits per heavy atom. The topological polar surface area (TPSA) is 42.4 Å². The second kappa shape index (κ2) is 7.23. The molecular formula is C16H19FINO2S. The fourth-order valence-corrected chi connectivity index (χ4v) is 3.40. The third-order valence-electron chi connectivity index (χ3n) is 4.18. The molecule has 1 aromatic heterocycles. The van der Waals surface area contributed by atoms with Gasteiger partial charge in [-0.25, -0.2) is 0 Å². The summed E-state index contributed by atoms with van der Waals surface area (Å²) in [6, 6.07) is 7.53. The van der Waals surface area contributed by atoms with Crippen LogP contribution < -0.4 is 4.74 Å². The van der Waals surface area contributed by atoms with Crippen molar-refractivity contribution in [3.63, 3.8) is 0 Å². The van der Waals surface area contributed by atoms with Crippen LogP contribution in [0.1, 0.15) is 25.1 Å². The first-order valence-corrected chi connectivity index (χ1v) is 8.97. The summed E-state index contributed by atoms with van der Waals surface area (Å²) in [5.41, 5.74) is -0.705. The van der Waals surface area contributed by atoms with Crippen molar-refractivity contribution in [2.24, 2.45) is 5.41 Å². The van der Waals surface area contributed by atoms with Gasteiger partial charge < -0.3 is 9.84 Å². The Balaban J connectivity index is 2.27. The molecule has 0 spiro atoms. The van der Waals surface area contributed by atoms with Gasteiger partial charge in [0.15, 0.2) is 0 Å². The van der Waals surface area contributed by atoms with Gasteiger partial charge in [0.25, 0.3) is 0 Å². The number of benzene rings is 1. The second-order valence-electron chi connectivity index (χ2n) is 5.52. The summed E-state index contributed by atoms with van der Waals surface area (Å²) in [4.78, 5) is 4.64. The highest BCUT2D eigenvalue weighted by atomic mass is 127. The molecule has 22 heavy (non-hydrogen) atoms. The van der Waals surface area contributed by atoms with Gasteiger partial charge >= 0.3 is 0 Å². The van der Waals surface area contributed by atoms with E-state index < -0.39 is 17.7 Å². The molecule has 1 aromatic carbocycles. The zero-order valence-electron chi connectivity index (χ0n) is 12.6. The molecule has 2 unspecified atom stereocenters. The number of alkyl halides is 1. The van der Waals surface area contributed by atoms with Crippen LogP contribution in [0.15, 0.2) is 36.0 Å². The van der Waals surface area contributed by atoms with Gasteiger partial charge in [-0.2, -0.15) is 0 Å². The molecular weight excluding hydrogens is 416 g/mol. The molecule has 0 aliphatic rings. The third-order valence-corrected chi connectivity index (χ3v) is 5.82. The van der Waals surface area contributed by atoms with Gasteiger partial charge in [0.05, 0.1) is 17.1 Å². The van der Waals surface area contributed by atoms with Crippen molar-refractivity contribution in [3.05, 3.63) is 44.4 Å². The maximum Gasteiger partial charge on any atom is 0.142 e. The summed E-state index contributed by atoms with van der Waals surface area (Å²) in [5.74, 6) is 0.653. The lowest BCUT2D eigenvalue weighted by Gasteiger charge is -2.41. The molecule has 1 heterocycles. The van der Waals surface area contributed by atoms with Gasteiger partial charge in [0.2, 0.25) is 0 Å². The van der Waals surface area contributed by atoms with E-state index in [9.17, 15) is 9.50 Å². The van der Waals surface area contributed by atoms with Crippen molar-refractivity contribution in [3.8, 4) is 5.75 Å². The lowest BCUT2D eigenvalue weighted by atomic mass is 9.72. The Labute approximate surface area is 147 Å². The molecule has 0 amide bonds. The van der Waals surface area contributed by atoms with Gasteiger partial charge in [0, 0.05) is 15.2 Å². The van der Waals surface area contributed by atoms with Crippen LogP contribution in [0.25, 0.3) is 0 Å². The molecule has 2 rings (SSSR count). The first kappa shape index (κ1) is 17.6. The van der Waals surface area contributed by atoms with Gasteiger partial charge in [-0.05, 0) is 53.3 Å². The number of hydrogen-bond acceptors (Lipinski definition) is 4. The zero-order chi connectivity index (χ0) is 16.2. The van der Waals surface area contributed by atoms with E-state index in [0.717, 1.165) is 3.57 Å². The average molecular weight is 435 g/mol. The Bertz CT molecular complexity index is 587. The largest absolute Gasteiger partial charge is 0.490 e. The van der Waals surface area contributed by atoms with E-state index in [2.05, 4.69) is 27.6 Å². The number of hydrogen-bond donors (Lipinski definition) is 1. The first-order chi connectivity index (χ1) is 10.4. The Hall–Kier alpha value is -0.730. The first-order valence-electron chi connectivity index (χ1n) is 7.01. The Morgan fingerprint density at radius 1 is 1.36 bits per heavy atom. The molecule has 0 saturated carbocycles. The lowest BCUT2D eigenvalue weighted by molar-refractivity contribution is -0.119. The molecule has 2 aromatic rings. The van der Waals surface area contributed by atoms with E-state index in [1.807, 2.05) is 31.2 Å². The molecule has 3 nitrogen and oxygen atoms in total. The summed E-state index contributed by atoms with van der Waals surface area (Å²) in [5, 5.41) is 11.2. The van der Waals surface area contributed by atoms with Gasteiger partial charge in [-0.1, -0.05) is 13.8 Å². The normalized spacial score (nSPS) is 16.8. The van der Waals surface area contributed by atoms with Crippen LogP contribution in [0.4, 0.5) is 4.39 Å². The van der Waals surface area contributed by atoms with Crippen molar-refractivity contribution in [1.82, 2.24) is 4.98 Å². The SMILES string of the molecule is CCC(C)(CF)C(O)(COc1ccc(I)cc1)c1cncs1. The van der Waals surface area contributed by atoms with Crippen molar-refractivity contribution in [2.45, 2.75) is 25.9 Å². The molecule has 0 bridgehead atoms. The lowest BCUT2D eigenvalue weighted by Crippen LogP contribution is -2.49. The summed E-state index contributed by atoms with van der Waals surface area (Å²) < 4.78 is 20.5. The van der Waals surface area contributed by atoms with Gasteiger partial charge in [0.1, 0.15) is 18.0 Å². The monoisotopic (exact) mass is 435 g/mol. The van der Waals surface area contributed by atoms with E-state index >= 15 is 0 Å². The average Bonchev–Trinajstić information content (AvgIpc) is 3.08. The molecule has 6 heteroatoms.